The number of nitrogens with zero attached hydrogens (tertiary/aromatic N) is 5. The van der Waals surface area contributed by atoms with Gasteiger partial charge >= 0.3 is 0 Å². The van der Waals surface area contributed by atoms with Crippen molar-refractivity contribution < 1.29 is 4.74 Å². The molecule has 0 N–H and O–H groups in total. The number of fused-ring (bicyclic) bond motifs is 13. The van der Waals surface area contributed by atoms with Crippen LogP contribution in [0.3, 0.4) is 0 Å². The van der Waals surface area contributed by atoms with E-state index in [1.54, 1.807) is 0 Å². The summed E-state index contributed by atoms with van der Waals surface area (Å²) in [5, 5.41) is 3.58. The minimum Gasteiger partial charge on any atom is -0.457 e. The molecular formula is C43H39N5O. The molecule has 0 radical (unpaired) electrons. The summed E-state index contributed by atoms with van der Waals surface area (Å²) in [6, 6.07) is 34.9. The second-order valence-electron chi connectivity index (χ2n) is 15.0. The molecule has 3 aromatic heterocycles. The number of pyridine rings is 2. The van der Waals surface area contributed by atoms with Gasteiger partial charge in [-0.15, -0.1) is 0 Å². The number of aromatic nitrogens is 3. The third-order valence-corrected chi connectivity index (χ3v) is 12.0. The van der Waals surface area contributed by atoms with Crippen LogP contribution in [0.4, 0.5) is 17.1 Å². The van der Waals surface area contributed by atoms with Crippen LogP contribution >= 0.6 is 0 Å². The van der Waals surface area contributed by atoms with E-state index in [2.05, 4.69) is 139 Å². The number of anilines is 3. The van der Waals surface area contributed by atoms with E-state index in [0.717, 1.165) is 60.7 Å². The number of hydrogen-bond donors (Lipinski definition) is 0. The molecule has 0 atom stereocenters. The van der Waals surface area contributed by atoms with Gasteiger partial charge in [0.05, 0.1) is 34.9 Å². The average molecular weight is 642 g/mol. The quantitative estimate of drug-likeness (QED) is 0.154. The van der Waals surface area contributed by atoms with E-state index in [9.17, 15) is 0 Å². The highest BCUT2D eigenvalue weighted by Crippen LogP contribution is 2.52. The Hall–Kier alpha value is -5.36. The fourth-order valence-electron chi connectivity index (χ4n) is 8.79. The van der Waals surface area contributed by atoms with Crippen LogP contribution in [0.25, 0.3) is 27.3 Å². The lowest BCUT2D eigenvalue weighted by Crippen LogP contribution is -2.44. The summed E-state index contributed by atoms with van der Waals surface area (Å²) in [6.45, 7) is 11.3. The minimum atomic E-state index is -0.162. The van der Waals surface area contributed by atoms with Gasteiger partial charge in [-0.05, 0) is 84.3 Å². The first kappa shape index (κ1) is 28.6. The summed E-state index contributed by atoms with van der Waals surface area (Å²) in [5.74, 6) is 1.63. The zero-order valence-electron chi connectivity index (χ0n) is 28.5. The van der Waals surface area contributed by atoms with Crippen LogP contribution in [-0.2, 0) is 30.1 Å². The van der Waals surface area contributed by atoms with Crippen LogP contribution < -0.4 is 14.5 Å². The van der Waals surface area contributed by atoms with Crippen LogP contribution in [-0.4, -0.2) is 27.6 Å². The van der Waals surface area contributed by atoms with Crippen LogP contribution in [0.1, 0.15) is 55.9 Å². The van der Waals surface area contributed by atoms with Gasteiger partial charge in [0.2, 0.25) is 0 Å². The van der Waals surface area contributed by atoms with Crippen molar-refractivity contribution in [1.29, 1.82) is 0 Å². The first-order valence-electron chi connectivity index (χ1n) is 17.5. The predicted molar refractivity (Wildman–Crippen MR) is 199 cm³/mol. The van der Waals surface area contributed by atoms with E-state index in [0.29, 0.717) is 0 Å². The highest BCUT2D eigenvalue weighted by Gasteiger charge is 2.47. The maximum absolute atomic E-state index is 6.67. The van der Waals surface area contributed by atoms with Crippen molar-refractivity contribution in [3.8, 4) is 11.5 Å². The smallest absolute Gasteiger partial charge is 0.145 e. The number of hydrogen-bond acceptors (Lipinski definition) is 5. The molecule has 0 aliphatic carbocycles. The van der Waals surface area contributed by atoms with Crippen molar-refractivity contribution in [3.05, 3.63) is 131 Å². The van der Waals surface area contributed by atoms with Crippen LogP contribution in [0.15, 0.2) is 103 Å². The molecule has 7 aromatic rings. The molecule has 0 amide bonds. The van der Waals surface area contributed by atoms with Gasteiger partial charge in [-0.3, -0.25) is 9.38 Å². The molecule has 6 heteroatoms. The van der Waals surface area contributed by atoms with Crippen molar-refractivity contribution in [2.24, 2.45) is 0 Å². The molecule has 6 nitrogen and oxygen atoms in total. The summed E-state index contributed by atoms with van der Waals surface area (Å²) in [7, 11) is 0. The first-order chi connectivity index (χ1) is 23.8. The molecule has 0 fully saturated rings. The molecule has 0 spiro atoms. The molecule has 0 saturated carbocycles. The van der Waals surface area contributed by atoms with Gasteiger partial charge in [0.15, 0.2) is 0 Å². The van der Waals surface area contributed by atoms with Crippen LogP contribution in [0, 0.1) is 0 Å². The number of benzene rings is 4. The molecule has 3 aliphatic heterocycles. The third-order valence-electron chi connectivity index (χ3n) is 12.0. The van der Waals surface area contributed by atoms with Gasteiger partial charge in [-0.25, -0.2) is 4.98 Å². The summed E-state index contributed by atoms with van der Waals surface area (Å²) in [6.07, 6.45) is 4.54. The maximum Gasteiger partial charge on any atom is 0.145 e. The number of aryl methyl sites for hydroxylation is 2. The van der Waals surface area contributed by atoms with Gasteiger partial charge in [-0.2, -0.15) is 0 Å². The fraction of sp³-hybridized carbons (Fsp3) is 0.256. The topological polar surface area (TPSA) is 45.9 Å². The minimum absolute atomic E-state index is 0.101. The Morgan fingerprint density at radius 3 is 2.39 bits per heavy atom. The largest absolute Gasteiger partial charge is 0.457 e. The van der Waals surface area contributed by atoms with Gasteiger partial charge in [0.25, 0.3) is 0 Å². The number of ether oxygens (including phenoxy) is 1. The second-order valence-corrected chi connectivity index (χ2v) is 15.0. The molecule has 4 aromatic carbocycles. The van der Waals surface area contributed by atoms with E-state index in [4.69, 9.17) is 14.7 Å². The summed E-state index contributed by atoms with van der Waals surface area (Å²) < 4.78 is 9.16. The molecule has 49 heavy (non-hydrogen) atoms. The van der Waals surface area contributed by atoms with Crippen molar-refractivity contribution >= 4 is 44.4 Å². The monoisotopic (exact) mass is 641 g/mol. The van der Waals surface area contributed by atoms with Crippen molar-refractivity contribution in [2.45, 2.75) is 57.8 Å². The van der Waals surface area contributed by atoms with Gasteiger partial charge < -0.3 is 14.5 Å². The van der Waals surface area contributed by atoms with E-state index in [-0.39, 0.29) is 10.8 Å². The number of imidazole rings is 1. The van der Waals surface area contributed by atoms with Crippen molar-refractivity contribution in [1.82, 2.24) is 14.4 Å². The van der Waals surface area contributed by atoms with Crippen LogP contribution in [0.2, 0.25) is 0 Å². The molecule has 8 bridgehead atoms. The van der Waals surface area contributed by atoms with Crippen LogP contribution in [0.5, 0.6) is 11.5 Å². The molecule has 0 saturated heterocycles. The highest BCUT2D eigenvalue weighted by molar-refractivity contribution is 6.13. The summed E-state index contributed by atoms with van der Waals surface area (Å²) in [5.41, 5.74) is 12.0. The molecule has 242 valence electrons. The highest BCUT2D eigenvalue weighted by atomic mass is 16.5. The van der Waals surface area contributed by atoms with E-state index >= 15 is 0 Å². The summed E-state index contributed by atoms with van der Waals surface area (Å²) >= 11 is 0. The molecule has 6 heterocycles. The molecule has 0 unspecified atom stereocenters. The second kappa shape index (κ2) is 10.1. The lowest BCUT2D eigenvalue weighted by molar-refractivity contribution is 0.286. The van der Waals surface area contributed by atoms with Gasteiger partial charge in [0, 0.05) is 51.8 Å². The molecule has 10 rings (SSSR count). The van der Waals surface area contributed by atoms with Crippen molar-refractivity contribution in [2.75, 3.05) is 23.0 Å². The lowest BCUT2D eigenvalue weighted by Gasteiger charge is -2.46. The normalized spacial score (nSPS) is 17.4. The third kappa shape index (κ3) is 4.00. The molecule has 3 aliphatic rings. The van der Waals surface area contributed by atoms with E-state index < -0.39 is 0 Å². The maximum atomic E-state index is 6.67. The molecular weight excluding hydrogens is 603 g/mol. The standard InChI is InChI=1S/C43H39N5O/c1-42(2)34-14-8-13-32-31-18-17-30-25-33(31)41-45-36(40(43(42,3)4)48(41)39(32)34)20-19-35-27(10-9-22-44-35)21-23-46-26-47(38-16-6-5-15-37(38)46)28-11-7-12-29(24-28)49-30/h5-18,22,24-25H,19-21,23,26H2,1-4H3. The van der Waals surface area contributed by atoms with Gasteiger partial charge in [-0.1, -0.05) is 70.2 Å². The number of rotatable bonds is 0. The van der Waals surface area contributed by atoms with Crippen molar-refractivity contribution in [3.63, 3.8) is 0 Å². The van der Waals surface area contributed by atoms with E-state index in [1.165, 1.54) is 55.9 Å². The Morgan fingerprint density at radius 1 is 0.673 bits per heavy atom. The number of para-hydroxylation sites is 3. The average Bonchev–Trinajstić information content (AvgIpc) is 3.69. The Bertz CT molecular complexity index is 2490. The van der Waals surface area contributed by atoms with Gasteiger partial charge in [0.1, 0.15) is 17.1 Å². The Balaban J connectivity index is 1.22. The Morgan fingerprint density at radius 2 is 1.49 bits per heavy atom. The predicted octanol–water partition coefficient (Wildman–Crippen LogP) is 9.65. The lowest BCUT2D eigenvalue weighted by atomic mass is 9.60. The Kier molecular flexibility index (Phi) is 5.89. The first-order valence-corrected chi connectivity index (χ1v) is 17.5. The summed E-state index contributed by atoms with van der Waals surface area (Å²) in [4.78, 5) is 15.4. The SMILES string of the molecule is CC1(C)c2cccc3c4ccc5cc4c4nc(c(n4c23)C1(C)C)CCc1ncccc1CCN1CN(c2cccc(c2)O5)c2ccccc21. The fourth-order valence-corrected chi connectivity index (χ4v) is 8.79. The Labute approximate surface area is 286 Å². The zero-order valence-corrected chi connectivity index (χ0v) is 28.5. The zero-order chi connectivity index (χ0) is 33.1. The van der Waals surface area contributed by atoms with E-state index in [1.807, 2.05) is 6.20 Å².